The average Bonchev–Trinajstić information content (AvgIpc) is 3.28. The highest BCUT2D eigenvalue weighted by atomic mass is 16.3. The maximum atomic E-state index is 12.5. The third kappa shape index (κ3) is 2.76. The first kappa shape index (κ1) is 18.1. The van der Waals surface area contributed by atoms with E-state index in [9.17, 15) is 24.4 Å². The van der Waals surface area contributed by atoms with E-state index in [-0.39, 0.29) is 22.3 Å². The van der Waals surface area contributed by atoms with Crippen molar-refractivity contribution in [2.45, 2.75) is 6.92 Å². The fourth-order valence-electron chi connectivity index (χ4n) is 3.25. The van der Waals surface area contributed by atoms with Gasteiger partial charge in [0.25, 0.3) is 23.6 Å². The monoisotopic (exact) mass is 387 g/mol. The van der Waals surface area contributed by atoms with Crippen LogP contribution in [0.5, 0.6) is 0 Å². The number of nitriles is 1. The van der Waals surface area contributed by atoms with Crippen molar-refractivity contribution in [3.63, 3.8) is 0 Å². The van der Waals surface area contributed by atoms with Crippen LogP contribution in [-0.2, 0) is 9.59 Å². The number of imide groups is 2. The zero-order chi connectivity index (χ0) is 20.9. The van der Waals surface area contributed by atoms with Crippen LogP contribution in [-0.4, -0.2) is 35.6 Å². The Balaban J connectivity index is 1.73. The Kier molecular flexibility index (Phi) is 4.01. The van der Waals surface area contributed by atoms with Crippen molar-refractivity contribution in [1.82, 2.24) is 10.2 Å². The van der Waals surface area contributed by atoms with Crippen LogP contribution >= 0.6 is 0 Å². The molecule has 0 fully saturated rings. The molecule has 29 heavy (non-hydrogen) atoms. The van der Waals surface area contributed by atoms with Crippen molar-refractivity contribution >= 4 is 29.7 Å². The molecule has 1 N–H and O–H groups in total. The molecule has 0 saturated carbocycles. The second-order valence-electron chi connectivity index (χ2n) is 6.58. The third-order valence-corrected chi connectivity index (χ3v) is 4.88. The van der Waals surface area contributed by atoms with Crippen LogP contribution in [0.2, 0.25) is 0 Å². The van der Waals surface area contributed by atoms with Crippen LogP contribution in [0.3, 0.4) is 0 Å². The first-order valence-electron chi connectivity index (χ1n) is 8.57. The van der Waals surface area contributed by atoms with Gasteiger partial charge in [-0.1, -0.05) is 6.07 Å². The van der Waals surface area contributed by atoms with E-state index >= 15 is 0 Å². The lowest BCUT2D eigenvalue weighted by molar-refractivity contribution is -0.138. The summed E-state index contributed by atoms with van der Waals surface area (Å²) in [6.45, 7) is 1.53. The SMILES string of the molecule is CC1=C(C#N)C(=O)N(C)C(=O)C1=Cc1ccc(-c2ccc3c(c2)C(=O)NC3=O)o1. The molecule has 2 aromatic rings. The van der Waals surface area contributed by atoms with Gasteiger partial charge in [0.05, 0.1) is 11.1 Å². The molecule has 0 saturated heterocycles. The van der Waals surface area contributed by atoms with Gasteiger partial charge in [-0.05, 0) is 42.8 Å². The number of hydrogen-bond acceptors (Lipinski definition) is 6. The molecule has 0 atom stereocenters. The smallest absolute Gasteiger partial charge is 0.271 e. The van der Waals surface area contributed by atoms with Crippen molar-refractivity contribution in [2.24, 2.45) is 0 Å². The Hall–Kier alpha value is -4.25. The lowest BCUT2D eigenvalue weighted by atomic mass is 9.95. The number of nitrogens with zero attached hydrogens (tertiary/aromatic N) is 2. The van der Waals surface area contributed by atoms with Crippen molar-refractivity contribution in [3.8, 4) is 17.4 Å². The molecule has 0 unspecified atom stereocenters. The summed E-state index contributed by atoms with van der Waals surface area (Å²) in [5.41, 5.74) is 1.53. The molecule has 0 spiro atoms. The van der Waals surface area contributed by atoms with Crippen molar-refractivity contribution in [2.75, 3.05) is 7.05 Å². The highest BCUT2D eigenvalue weighted by Crippen LogP contribution is 2.30. The fraction of sp³-hybridized carbons (Fsp3) is 0.0952. The number of carbonyl (C=O) groups excluding carboxylic acids is 4. The van der Waals surface area contributed by atoms with Crippen molar-refractivity contribution in [3.05, 3.63) is 63.9 Å². The largest absolute Gasteiger partial charge is 0.457 e. The molecular formula is C21H13N3O5. The summed E-state index contributed by atoms with van der Waals surface area (Å²) in [6, 6.07) is 9.88. The van der Waals surface area contributed by atoms with Crippen LogP contribution in [0.4, 0.5) is 0 Å². The predicted octanol–water partition coefficient (Wildman–Crippen LogP) is 2.05. The molecule has 0 bridgehead atoms. The molecule has 2 aliphatic heterocycles. The number of rotatable bonds is 2. The van der Waals surface area contributed by atoms with E-state index in [1.54, 1.807) is 30.3 Å². The quantitative estimate of drug-likeness (QED) is 0.622. The number of amides is 4. The van der Waals surface area contributed by atoms with Gasteiger partial charge in [0.15, 0.2) is 0 Å². The zero-order valence-corrected chi connectivity index (χ0v) is 15.4. The molecule has 4 rings (SSSR count). The van der Waals surface area contributed by atoms with Crippen molar-refractivity contribution in [1.29, 1.82) is 5.26 Å². The van der Waals surface area contributed by atoms with Gasteiger partial charge in [0, 0.05) is 18.2 Å². The molecule has 142 valence electrons. The summed E-state index contributed by atoms with van der Waals surface area (Å²) < 4.78 is 5.77. The molecule has 4 amide bonds. The van der Waals surface area contributed by atoms with Gasteiger partial charge in [-0.3, -0.25) is 29.4 Å². The van der Waals surface area contributed by atoms with Crippen LogP contribution in [0.15, 0.2) is 51.5 Å². The number of hydrogen-bond donors (Lipinski definition) is 1. The first-order chi connectivity index (χ1) is 13.8. The van der Waals surface area contributed by atoms with Crippen LogP contribution in [0.25, 0.3) is 17.4 Å². The van der Waals surface area contributed by atoms with Gasteiger partial charge >= 0.3 is 0 Å². The minimum absolute atomic E-state index is 0.0977. The lowest BCUT2D eigenvalue weighted by Crippen LogP contribution is -2.39. The summed E-state index contributed by atoms with van der Waals surface area (Å²) in [4.78, 5) is 48.9. The summed E-state index contributed by atoms with van der Waals surface area (Å²) in [5, 5.41) is 11.4. The van der Waals surface area contributed by atoms with E-state index in [4.69, 9.17) is 4.42 Å². The van der Waals surface area contributed by atoms with Crippen LogP contribution in [0, 0.1) is 11.3 Å². The number of likely N-dealkylation sites (N-methyl/N-ethyl adjacent to an activating group) is 1. The maximum Gasteiger partial charge on any atom is 0.271 e. The third-order valence-electron chi connectivity index (χ3n) is 4.88. The number of furan rings is 1. The minimum Gasteiger partial charge on any atom is -0.457 e. The molecule has 0 aliphatic carbocycles. The minimum atomic E-state index is -0.641. The Bertz CT molecular complexity index is 1240. The Morgan fingerprint density at radius 3 is 2.48 bits per heavy atom. The van der Waals surface area contributed by atoms with Crippen LogP contribution < -0.4 is 5.32 Å². The molecule has 1 aromatic heterocycles. The predicted molar refractivity (Wildman–Crippen MR) is 100 cm³/mol. The lowest BCUT2D eigenvalue weighted by Gasteiger charge is -2.23. The van der Waals surface area contributed by atoms with Gasteiger partial charge < -0.3 is 4.42 Å². The summed E-state index contributed by atoms with van der Waals surface area (Å²) >= 11 is 0. The molecule has 8 nitrogen and oxygen atoms in total. The van der Waals surface area contributed by atoms with Gasteiger partial charge in [-0.25, -0.2) is 0 Å². The van der Waals surface area contributed by atoms with Crippen LogP contribution in [0.1, 0.15) is 33.4 Å². The van der Waals surface area contributed by atoms with Gasteiger partial charge in [-0.2, -0.15) is 5.26 Å². The Morgan fingerprint density at radius 1 is 1.03 bits per heavy atom. The zero-order valence-electron chi connectivity index (χ0n) is 15.4. The van der Waals surface area contributed by atoms with E-state index in [1.165, 1.54) is 20.0 Å². The highest BCUT2D eigenvalue weighted by molar-refractivity contribution is 6.22. The van der Waals surface area contributed by atoms with Crippen molar-refractivity contribution < 1.29 is 23.6 Å². The standard InChI is InChI=1S/C21H13N3O5/c1-10-14(20(27)24(2)21(28)16(10)9-22)8-12-4-6-17(29-12)11-3-5-13-15(7-11)19(26)23-18(13)25/h3-8H,1-2H3,(H,23,25,26). The Morgan fingerprint density at radius 2 is 1.76 bits per heavy atom. The number of fused-ring (bicyclic) bond motifs is 1. The highest BCUT2D eigenvalue weighted by Gasteiger charge is 2.33. The molecule has 1 aromatic carbocycles. The van der Waals surface area contributed by atoms with Gasteiger partial charge in [0.1, 0.15) is 23.2 Å². The van der Waals surface area contributed by atoms with Gasteiger partial charge in [0.2, 0.25) is 0 Å². The molecule has 2 aliphatic rings. The van der Waals surface area contributed by atoms with E-state index in [2.05, 4.69) is 5.32 Å². The molecule has 0 radical (unpaired) electrons. The number of carbonyl (C=O) groups is 4. The van der Waals surface area contributed by atoms with Gasteiger partial charge in [-0.15, -0.1) is 0 Å². The molecular weight excluding hydrogens is 374 g/mol. The summed E-state index contributed by atoms with van der Waals surface area (Å²) in [6.07, 6.45) is 1.46. The average molecular weight is 387 g/mol. The fourth-order valence-corrected chi connectivity index (χ4v) is 3.25. The first-order valence-corrected chi connectivity index (χ1v) is 8.57. The van der Waals surface area contributed by atoms with E-state index < -0.39 is 23.6 Å². The van der Waals surface area contributed by atoms with E-state index in [0.717, 1.165) is 4.90 Å². The maximum absolute atomic E-state index is 12.5. The number of nitrogens with one attached hydrogen (secondary N) is 1. The second-order valence-corrected chi connectivity index (χ2v) is 6.58. The summed E-state index contributed by atoms with van der Waals surface area (Å²) in [7, 11) is 1.31. The second kappa shape index (κ2) is 6.42. The topological polar surface area (TPSA) is 120 Å². The molecule has 3 heterocycles. The molecule has 8 heteroatoms. The number of benzene rings is 1. The Labute approximate surface area is 164 Å². The van der Waals surface area contributed by atoms with E-state index in [0.29, 0.717) is 22.6 Å². The normalized spacial score (nSPS) is 17.7. The van der Waals surface area contributed by atoms with E-state index in [1.807, 2.05) is 6.07 Å². The summed E-state index contributed by atoms with van der Waals surface area (Å²) in [5.74, 6) is -1.31.